The van der Waals surface area contributed by atoms with Crippen LogP contribution in [0.3, 0.4) is 0 Å². The maximum Gasteiger partial charge on any atom is 0.240 e. The molecule has 4 nitrogen and oxygen atoms in total. The molecule has 0 bridgehead atoms. The van der Waals surface area contributed by atoms with Crippen molar-refractivity contribution in [3.8, 4) is 0 Å². The van der Waals surface area contributed by atoms with Gasteiger partial charge in [-0.15, -0.1) is 0 Å². The van der Waals surface area contributed by atoms with Crippen LogP contribution in [-0.2, 0) is 11.3 Å². The average Bonchev–Trinajstić information content (AvgIpc) is 3.01. The van der Waals surface area contributed by atoms with E-state index >= 15 is 0 Å². The third-order valence-electron chi connectivity index (χ3n) is 5.07. The van der Waals surface area contributed by atoms with Gasteiger partial charge in [-0.3, -0.25) is 9.69 Å². The fourth-order valence-electron chi connectivity index (χ4n) is 3.34. The average molecular weight is 332 g/mol. The Hall–Kier alpha value is -1.39. The zero-order chi connectivity index (χ0) is 17.7. The summed E-state index contributed by atoms with van der Waals surface area (Å²) in [6, 6.07) is 10.9. The number of nitrogens with two attached hydrogens (primary N) is 1. The van der Waals surface area contributed by atoms with E-state index in [9.17, 15) is 4.79 Å². The van der Waals surface area contributed by atoms with Gasteiger partial charge in [0, 0.05) is 31.7 Å². The molecule has 1 amide bonds. The highest BCUT2D eigenvalue weighted by Gasteiger charge is 2.34. The van der Waals surface area contributed by atoms with Gasteiger partial charge >= 0.3 is 0 Å². The van der Waals surface area contributed by atoms with E-state index in [-0.39, 0.29) is 23.9 Å². The van der Waals surface area contributed by atoms with E-state index < -0.39 is 0 Å². The van der Waals surface area contributed by atoms with Gasteiger partial charge in [-0.2, -0.15) is 0 Å². The highest BCUT2D eigenvalue weighted by atomic mass is 16.2. The lowest BCUT2D eigenvalue weighted by atomic mass is 10.0. The molecule has 1 aliphatic heterocycles. The van der Waals surface area contributed by atoms with Gasteiger partial charge in [-0.05, 0) is 38.2 Å². The summed E-state index contributed by atoms with van der Waals surface area (Å²) in [5.41, 5.74) is 7.43. The molecule has 0 saturated carbocycles. The second-order valence-corrected chi connectivity index (χ2v) is 7.61. The number of carbonyl (C=O) groups is 1. The summed E-state index contributed by atoms with van der Waals surface area (Å²) in [5, 5.41) is 0. The van der Waals surface area contributed by atoms with E-state index in [1.807, 2.05) is 24.8 Å². The predicted octanol–water partition coefficient (Wildman–Crippen LogP) is 2.87. The van der Waals surface area contributed by atoms with Gasteiger partial charge in [-0.1, -0.05) is 44.2 Å². The number of nitrogens with zero attached hydrogens (tertiary/aromatic N) is 2. The van der Waals surface area contributed by atoms with Crippen LogP contribution in [0.5, 0.6) is 0 Å². The lowest BCUT2D eigenvalue weighted by Crippen LogP contribution is -2.51. The van der Waals surface area contributed by atoms with Crippen LogP contribution in [0.15, 0.2) is 30.3 Å². The molecular formula is C20H33N3O. The zero-order valence-electron chi connectivity index (χ0n) is 15.6. The maximum atomic E-state index is 12.7. The summed E-state index contributed by atoms with van der Waals surface area (Å²) in [4.78, 5) is 17.2. The molecule has 2 atom stereocenters. The van der Waals surface area contributed by atoms with Crippen molar-refractivity contribution in [2.24, 2.45) is 11.7 Å². The third-order valence-corrected chi connectivity index (χ3v) is 5.07. The fraction of sp³-hybridized carbons (Fsp3) is 0.650. The van der Waals surface area contributed by atoms with Crippen molar-refractivity contribution < 1.29 is 4.79 Å². The Labute approximate surface area is 147 Å². The summed E-state index contributed by atoms with van der Waals surface area (Å²) in [7, 11) is 0. The fourth-order valence-corrected chi connectivity index (χ4v) is 3.34. The van der Waals surface area contributed by atoms with Crippen LogP contribution in [0.2, 0.25) is 0 Å². The summed E-state index contributed by atoms with van der Waals surface area (Å²) in [5.74, 6) is 0.306. The van der Waals surface area contributed by atoms with Crippen molar-refractivity contribution in [3.05, 3.63) is 35.9 Å². The molecule has 0 radical (unpaired) electrons. The van der Waals surface area contributed by atoms with Crippen molar-refractivity contribution >= 4 is 5.91 Å². The lowest BCUT2D eigenvalue weighted by molar-refractivity contribution is -0.134. The van der Waals surface area contributed by atoms with Gasteiger partial charge in [0.15, 0.2) is 0 Å². The maximum absolute atomic E-state index is 12.7. The highest BCUT2D eigenvalue weighted by Crippen LogP contribution is 2.22. The van der Waals surface area contributed by atoms with Crippen LogP contribution >= 0.6 is 0 Å². The Bertz CT molecular complexity index is 515. The molecular weight excluding hydrogens is 298 g/mol. The Kier molecular flexibility index (Phi) is 6.81. The molecule has 0 aromatic heterocycles. The molecule has 0 aliphatic carbocycles. The van der Waals surface area contributed by atoms with Gasteiger partial charge in [0.2, 0.25) is 5.91 Å². The molecule has 2 rings (SSSR count). The number of hydrogen-bond acceptors (Lipinski definition) is 3. The number of hydrogen-bond donors (Lipinski definition) is 1. The molecule has 1 aromatic rings. The molecule has 2 N–H and O–H groups in total. The SMILES string of the molecule is CC(C)C(N)C(=O)N1CCCC1CN(Cc1ccccc1)C(C)C. The molecule has 4 heteroatoms. The predicted molar refractivity (Wildman–Crippen MR) is 99.5 cm³/mol. The van der Waals surface area contributed by atoms with Gasteiger partial charge in [0.05, 0.1) is 6.04 Å². The Morgan fingerprint density at radius 1 is 1.25 bits per heavy atom. The van der Waals surface area contributed by atoms with Crippen molar-refractivity contribution in [1.29, 1.82) is 0 Å². The first-order valence-electron chi connectivity index (χ1n) is 9.24. The normalized spacial score (nSPS) is 19.5. The number of carbonyl (C=O) groups excluding carboxylic acids is 1. The minimum atomic E-state index is -0.382. The number of amides is 1. The highest BCUT2D eigenvalue weighted by molar-refractivity contribution is 5.82. The molecule has 1 fully saturated rings. The van der Waals surface area contributed by atoms with Crippen LogP contribution in [-0.4, -0.2) is 46.9 Å². The summed E-state index contributed by atoms with van der Waals surface area (Å²) in [6.07, 6.45) is 2.16. The minimum Gasteiger partial charge on any atom is -0.337 e. The largest absolute Gasteiger partial charge is 0.337 e. The van der Waals surface area contributed by atoms with Crippen LogP contribution in [0.25, 0.3) is 0 Å². The van der Waals surface area contributed by atoms with Gasteiger partial charge in [0.25, 0.3) is 0 Å². The quantitative estimate of drug-likeness (QED) is 0.836. The minimum absolute atomic E-state index is 0.121. The van der Waals surface area contributed by atoms with Crippen LogP contribution in [0.4, 0.5) is 0 Å². The van der Waals surface area contributed by atoms with Crippen LogP contribution in [0.1, 0.15) is 46.1 Å². The molecule has 1 saturated heterocycles. The van der Waals surface area contributed by atoms with Crippen molar-refractivity contribution in [1.82, 2.24) is 9.80 Å². The van der Waals surface area contributed by atoms with Crippen molar-refractivity contribution in [2.75, 3.05) is 13.1 Å². The van der Waals surface area contributed by atoms with Crippen molar-refractivity contribution in [2.45, 2.75) is 65.2 Å². The Morgan fingerprint density at radius 3 is 2.50 bits per heavy atom. The number of benzene rings is 1. The number of rotatable bonds is 7. The Balaban J connectivity index is 2.03. The second-order valence-electron chi connectivity index (χ2n) is 7.61. The summed E-state index contributed by atoms with van der Waals surface area (Å²) in [6.45, 7) is 11.2. The summed E-state index contributed by atoms with van der Waals surface area (Å²) >= 11 is 0. The molecule has 134 valence electrons. The molecule has 24 heavy (non-hydrogen) atoms. The van der Waals surface area contributed by atoms with Crippen LogP contribution in [0, 0.1) is 5.92 Å². The van der Waals surface area contributed by atoms with Gasteiger partial charge in [-0.25, -0.2) is 0 Å². The molecule has 0 spiro atoms. The van der Waals surface area contributed by atoms with E-state index in [1.165, 1.54) is 5.56 Å². The first-order chi connectivity index (χ1) is 11.4. The van der Waals surface area contributed by atoms with E-state index in [0.29, 0.717) is 6.04 Å². The Morgan fingerprint density at radius 2 is 1.92 bits per heavy atom. The molecule has 1 aliphatic rings. The van der Waals surface area contributed by atoms with Gasteiger partial charge in [0.1, 0.15) is 0 Å². The van der Waals surface area contributed by atoms with E-state index in [0.717, 1.165) is 32.5 Å². The van der Waals surface area contributed by atoms with E-state index in [1.54, 1.807) is 0 Å². The molecule has 2 unspecified atom stereocenters. The van der Waals surface area contributed by atoms with Crippen molar-refractivity contribution in [3.63, 3.8) is 0 Å². The first-order valence-corrected chi connectivity index (χ1v) is 9.24. The van der Waals surface area contributed by atoms with Crippen LogP contribution < -0.4 is 5.73 Å². The lowest BCUT2D eigenvalue weighted by Gasteiger charge is -2.34. The summed E-state index contributed by atoms with van der Waals surface area (Å²) < 4.78 is 0. The topological polar surface area (TPSA) is 49.6 Å². The standard InChI is InChI=1S/C20H33N3O/c1-15(2)19(21)20(24)23-12-8-11-18(23)14-22(16(3)4)13-17-9-6-5-7-10-17/h5-7,9-10,15-16,18-19H,8,11-14,21H2,1-4H3. The molecule has 1 aromatic carbocycles. The monoisotopic (exact) mass is 331 g/mol. The zero-order valence-corrected chi connectivity index (χ0v) is 15.6. The third kappa shape index (κ3) is 4.81. The first kappa shape index (κ1) is 18.9. The van der Waals surface area contributed by atoms with E-state index in [4.69, 9.17) is 5.73 Å². The van der Waals surface area contributed by atoms with E-state index in [2.05, 4.69) is 43.0 Å². The molecule has 1 heterocycles. The smallest absolute Gasteiger partial charge is 0.240 e. The van der Waals surface area contributed by atoms with Gasteiger partial charge < -0.3 is 10.6 Å². The number of likely N-dealkylation sites (tertiary alicyclic amines) is 1. The second kappa shape index (κ2) is 8.63.